The number of allylic oxidation sites excluding steroid dienone is 1. The maximum absolute atomic E-state index is 12.8. The second kappa shape index (κ2) is 7.49. The second-order valence-corrected chi connectivity index (χ2v) is 8.74. The van der Waals surface area contributed by atoms with Gasteiger partial charge in [-0.25, -0.2) is 0 Å². The molecule has 0 radical (unpaired) electrons. The summed E-state index contributed by atoms with van der Waals surface area (Å²) in [6.45, 7) is 13.0. The molecule has 0 N–H and O–H groups in total. The van der Waals surface area contributed by atoms with Gasteiger partial charge in [0, 0.05) is 11.1 Å². The fraction of sp³-hybridized carbons (Fsp3) is 0.375. The molecule has 0 bridgehead atoms. The third-order valence-electron chi connectivity index (χ3n) is 4.50. The summed E-state index contributed by atoms with van der Waals surface area (Å²) >= 11 is 0. The van der Waals surface area contributed by atoms with Crippen molar-refractivity contribution in [3.8, 4) is 5.75 Å². The molecule has 0 atom stereocenters. The van der Waals surface area contributed by atoms with Crippen LogP contribution in [0.3, 0.4) is 0 Å². The molecule has 138 valence electrons. The van der Waals surface area contributed by atoms with Crippen LogP contribution in [0.4, 0.5) is 0 Å². The monoisotopic (exact) mass is 350 g/mol. The van der Waals surface area contributed by atoms with Gasteiger partial charge in [-0.05, 0) is 52.3 Å². The Morgan fingerprint density at radius 1 is 0.885 bits per heavy atom. The predicted molar refractivity (Wildman–Crippen MR) is 110 cm³/mol. The number of hydrogen-bond donors (Lipinski definition) is 0. The summed E-state index contributed by atoms with van der Waals surface area (Å²) < 4.78 is 5.35. The van der Waals surface area contributed by atoms with Gasteiger partial charge in [0.05, 0.1) is 7.11 Å². The van der Waals surface area contributed by atoms with Crippen LogP contribution in [0.25, 0.3) is 6.08 Å². The van der Waals surface area contributed by atoms with Crippen molar-refractivity contribution < 1.29 is 9.53 Å². The molecule has 26 heavy (non-hydrogen) atoms. The number of ketones is 1. The van der Waals surface area contributed by atoms with Gasteiger partial charge < -0.3 is 4.74 Å². The molecule has 2 aromatic carbocycles. The Labute approximate surface area is 157 Å². The molecule has 0 spiro atoms. The molecule has 0 saturated carbocycles. The minimum atomic E-state index is -0.0113. The third kappa shape index (κ3) is 4.85. The zero-order chi connectivity index (χ0) is 19.5. The van der Waals surface area contributed by atoms with Crippen LogP contribution >= 0.6 is 0 Å². The third-order valence-corrected chi connectivity index (χ3v) is 4.50. The Morgan fingerprint density at radius 3 is 1.92 bits per heavy atom. The van der Waals surface area contributed by atoms with Crippen molar-refractivity contribution in [1.29, 1.82) is 0 Å². The number of carbonyl (C=O) groups is 1. The van der Waals surface area contributed by atoms with Gasteiger partial charge in [0.25, 0.3) is 0 Å². The fourth-order valence-corrected chi connectivity index (χ4v) is 2.70. The van der Waals surface area contributed by atoms with E-state index in [1.54, 1.807) is 13.2 Å². The van der Waals surface area contributed by atoms with Gasteiger partial charge in [0.2, 0.25) is 0 Å². The van der Waals surface area contributed by atoms with Crippen molar-refractivity contribution >= 4 is 11.9 Å². The van der Waals surface area contributed by atoms with Gasteiger partial charge in [-0.3, -0.25) is 4.79 Å². The topological polar surface area (TPSA) is 26.3 Å². The summed E-state index contributed by atoms with van der Waals surface area (Å²) in [6.07, 6.45) is 3.45. The van der Waals surface area contributed by atoms with Crippen molar-refractivity contribution in [1.82, 2.24) is 0 Å². The first-order chi connectivity index (χ1) is 12.0. The van der Waals surface area contributed by atoms with Crippen molar-refractivity contribution in [3.05, 3.63) is 70.8 Å². The number of methoxy groups -OCH3 is 1. The summed E-state index contributed by atoms with van der Waals surface area (Å²) in [5.41, 5.74) is 3.96. The predicted octanol–water partition coefficient (Wildman–Crippen LogP) is 6.19. The van der Waals surface area contributed by atoms with Crippen LogP contribution in [-0.2, 0) is 10.8 Å². The summed E-state index contributed by atoms with van der Waals surface area (Å²) in [4.78, 5) is 12.8. The van der Waals surface area contributed by atoms with E-state index in [0.717, 1.165) is 16.9 Å². The highest BCUT2D eigenvalue weighted by Gasteiger charge is 2.21. The zero-order valence-electron chi connectivity index (χ0n) is 17.0. The van der Waals surface area contributed by atoms with E-state index < -0.39 is 0 Å². The van der Waals surface area contributed by atoms with Crippen LogP contribution in [0, 0.1) is 0 Å². The molecule has 2 rings (SSSR count). The van der Waals surface area contributed by atoms with E-state index in [1.165, 1.54) is 11.1 Å². The van der Waals surface area contributed by atoms with E-state index in [4.69, 9.17) is 4.74 Å². The van der Waals surface area contributed by atoms with Crippen LogP contribution in [0.2, 0.25) is 0 Å². The molecule has 0 saturated heterocycles. The first kappa shape index (κ1) is 20.0. The Kier molecular flexibility index (Phi) is 5.75. The van der Waals surface area contributed by atoms with Gasteiger partial charge in [-0.2, -0.15) is 0 Å². The molecule has 0 aliphatic heterocycles. The minimum absolute atomic E-state index is 0.00695. The van der Waals surface area contributed by atoms with E-state index >= 15 is 0 Å². The average Bonchev–Trinajstić information content (AvgIpc) is 2.58. The molecule has 2 nitrogen and oxygen atoms in total. The van der Waals surface area contributed by atoms with E-state index in [0.29, 0.717) is 0 Å². The largest absolute Gasteiger partial charge is 0.496 e. The maximum Gasteiger partial charge on any atom is 0.185 e. The number of para-hydroxylation sites is 1. The maximum atomic E-state index is 12.8. The van der Waals surface area contributed by atoms with Crippen LogP contribution in [0.5, 0.6) is 5.75 Å². The number of rotatable bonds is 4. The standard InChI is InChI=1S/C24H30O2/c1-23(2,3)19-14-18(15-20(16-19)24(4,5)6)21(25)13-12-17-10-8-9-11-22(17)26-7/h8-16H,1-7H3/b13-12+. The molecule has 0 aromatic heterocycles. The Hall–Kier alpha value is -2.35. The van der Waals surface area contributed by atoms with Gasteiger partial charge in [0.1, 0.15) is 5.75 Å². The minimum Gasteiger partial charge on any atom is -0.496 e. The Balaban J connectivity index is 2.43. The number of carbonyl (C=O) groups excluding carboxylic acids is 1. The molecule has 0 unspecified atom stereocenters. The summed E-state index contributed by atoms with van der Waals surface area (Å²) in [5.74, 6) is 0.767. The van der Waals surface area contributed by atoms with E-state index in [-0.39, 0.29) is 16.6 Å². The van der Waals surface area contributed by atoms with Crippen LogP contribution in [0.1, 0.15) is 68.6 Å². The van der Waals surface area contributed by atoms with Gasteiger partial charge >= 0.3 is 0 Å². The normalized spacial score (nSPS) is 12.4. The second-order valence-electron chi connectivity index (χ2n) is 8.74. The van der Waals surface area contributed by atoms with Crippen molar-refractivity contribution in [2.45, 2.75) is 52.4 Å². The summed E-state index contributed by atoms with van der Waals surface area (Å²) in [7, 11) is 1.64. The first-order valence-electron chi connectivity index (χ1n) is 9.04. The van der Waals surface area contributed by atoms with Crippen LogP contribution < -0.4 is 4.74 Å². The molecule has 0 heterocycles. The number of ether oxygens (including phenoxy) is 1. The summed E-state index contributed by atoms with van der Waals surface area (Å²) in [6, 6.07) is 13.9. The highest BCUT2D eigenvalue weighted by Crippen LogP contribution is 2.30. The van der Waals surface area contributed by atoms with E-state index in [9.17, 15) is 4.79 Å². The van der Waals surface area contributed by atoms with Gasteiger partial charge in [-0.15, -0.1) is 0 Å². The molecule has 0 aliphatic rings. The Bertz CT molecular complexity index is 783. The molecule has 2 heteroatoms. The van der Waals surface area contributed by atoms with Crippen molar-refractivity contribution in [2.75, 3.05) is 7.11 Å². The summed E-state index contributed by atoms with van der Waals surface area (Å²) in [5, 5.41) is 0. The fourth-order valence-electron chi connectivity index (χ4n) is 2.70. The van der Waals surface area contributed by atoms with Gasteiger partial charge in [-0.1, -0.05) is 65.8 Å². The lowest BCUT2D eigenvalue weighted by Gasteiger charge is -2.25. The lowest BCUT2D eigenvalue weighted by Crippen LogP contribution is -2.17. The first-order valence-corrected chi connectivity index (χ1v) is 9.04. The highest BCUT2D eigenvalue weighted by molar-refractivity contribution is 6.07. The highest BCUT2D eigenvalue weighted by atomic mass is 16.5. The number of hydrogen-bond acceptors (Lipinski definition) is 2. The van der Waals surface area contributed by atoms with Crippen molar-refractivity contribution in [2.24, 2.45) is 0 Å². The van der Waals surface area contributed by atoms with Crippen LogP contribution in [0.15, 0.2) is 48.5 Å². The van der Waals surface area contributed by atoms with Gasteiger partial charge in [0.15, 0.2) is 5.78 Å². The van der Waals surface area contributed by atoms with Crippen LogP contribution in [-0.4, -0.2) is 12.9 Å². The lowest BCUT2D eigenvalue weighted by molar-refractivity contribution is 0.104. The molecule has 2 aromatic rings. The molecular formula is C24H30O2. The number of benzene rings is 2. The quantitative estimate of drug-likeness (QED) is 0.486. The molecule has 0 fully saturated rings. The Morgan fingerprint density at radius 2 is 1.42 bits per heavy atom. The molecule has 0 aliphatic carbocycles. The molecular weight excluding hydrogens is 320 g/mol. The zero-order valence-corrected chi connectivity index (χ0v) is 17.0. The lowest BCUT2D eigenvalue weighted by atomic mass is 9.79. The molecule has 0 amide bonds. The van der Waals surface area contributed by atoms with Crippen molar-refractivity contribution in [3.63, 3.8) is 0 Å². The smallest absolute Gasteiger partial charge is 0.185 e. The van der Waals surface area contributed by atoms with E-state index in [2.05, 4.69) is 47.6 Å². The average molecular weight is 351 g/mol. The SMILES string of the molecule is COc1ccccc1/C=C/C(=O)c1cc(C(C)(C)C)cc(C(C)(C)C)c1. The van der Waals surface area contributed by atoms with E-state index in [1.807, 2.05) is 42.5 Å².